The maximum atomic E-state index is 12.2. The van der Waals surface area contributed by atoms with Gasteiger partial charge in [0.15, 0.2) is 5.84 Å². The van der Waals surface area contributed by atoms with Gasteiger partial charge in [-0.2, -0.15) is 4.31 Å². The van der Waals surface area contributed by atoms with Crippen LogP contribution in [-0.4, -0.2) is 55.3 Å². The number of nitrogens with two attached hydrogens (primary N) is 1. The summed E-state index contributed by atoms with van der Waals surface area (Å²) >= 11 is 0. The quantitative estimate of drug-likeness (QED) is 0.294. The molecule has 0 spiro atoms. The molecule has 1 fully saturated rings. The van der Waals surface area contributed by atoms with Gasteiger partial charge in [0.05, 0.1) is 18.4 Å². The normalized spacial score (nSPS) is 21.7. The van der Waals surface area contributed by atoms with Gasteiger partial charge >= 0.3 is 0 Å². The Balaban J connectivity index is 2.69. The second-order valence-corrected chi connectivity index (χ2v) is 6.35. The zero-order chi connectivity index (χ0) is 13.6. The van der Waals surface area contributed by atoms with Crippen molar-refractivity contribution in [3.63, 3.8) is 0 Å². The maximum absolute atomic E-state index is 12.2. The summed E-state index contributed by atoms with van der Waals surface area (Å²) in [6.07, 6.45) is 2.10. The molecule has 0 aromatic carbocycles. The zero-order valence-electron chi connectivity index (χ0n) is 10.6. The largest absolute Gasteiger partial charge is 0.409 e. The molecule has 1 unspecified atom stereocenters. The molecule has 1 saturated heterocycles. The number of hydrogen-bond donors (Lipinski definition) is 2. The van der Waals surface area contributed by atoms with Gasteiger partial charge in [-0.05, 0) is 19.3 Å². The summed E-state index contributed by atoms with van der Waals surface area (Å²) < 4.78 is 30.9. The van der Waals surface area contributed by atoms with E-state index < -0.39 is 10.0 Å². The molecule has 1 aliphatic heterocycles. The molecule has 1 heterocycles. The molecule has 8 heteroatoms. The smallest absolute Gasteiger partial charge is 0.217 e. The summed E-state index contributed by atoms with van der Waals surface area (Å²) in [6, 6.07) is 0. The van der Waals surface area contributed by atoms with E-state index in [-0.39, 0.29) is 24.2 Å². The van der Waals surface area contributed by atoms with E-state index in [1.807, 2.05) is 6.92 Å². The molecule has 0 radical (unpaired) electrons. The third kappa shape index (κ3) is 4.43. The Morgan fingerprint density at radius 2 is 2.33 bits per heavy atom. The SMILES string of the molecule is CCCN(CC(N)=NO)S(=O)(=O)CC1CCCO1. The van der Waals surface area contributed by atoms with Gasteiger partial charge in [-0.3, -0.25) is 0 Å². The number of hydrogen-bond acceptors (Lipinski definition) is 5. The van der Waals surface area contributed by atoms with E-state index in [9.17, 15) is 8.42 Å². The van der Waals surface area contributed by atoms with Crippen LogP contribution in [0, 0.1) is 0 Å². The Morgan fingerprint density at radius 1 is 1.61 bits per heavy atom. The van der Waals surface area contributed by atoms with Crippen LogP contribution in [0.25, 0.3) is 0 Å². The van der Waals surface area contributed by atoms with E-state index in [4.69, 9.17) is 15.7 Å². The van der Waals surface area contributed by atoms with Crippen LogP contribution in [-0.2, 0) is 14.8 Å². The van der Waals surface area contributed by atoms with Crippen molar-refractivity contribution in [3.8, 4) is 0 Å². The van der Waals surface area contributed by atoms with Gasteiger partial charge in [0.1, 0.15) is 0 Å². The standard InChI is InChI=1S/C10H21N3O4S/c1-2-5-13(7-10(11)12-14)18(15,16)8-9-4-3-6-17-9/h9,14H,2-8H2,1H3,(H2,11,12). The molecule has 18 heavy (non-hydrogen) atoms. The van der Waals surface area contributed by atoms with Crippen LogP contribution < -0.4 is 5.73 Å². The van der Waals surface area contributed by atoms with Gasteiger partial charge < -0.3 is 15.7 Å². The monoisotopic (exact) mass is 279 g/mol. The fourth-order valence-corrected chi connectivity index (χ4v) is 3.63. The van der Waals surface area contributed by atoms with Crippen molar-refractivity contribution in [2.75, 3.05) is 25.4 Å². The summed E-state index contributed by atoms with van der Waals surface area (Å²) in [7, 11) is -3.44. The molecule has 0 amide bonds. The molecule has 7 nitrogen and oxygen atoms in total. The first-order valence-corrected chi connectivity index (χ1v) is 7.66. The highest BCUT2D eigenvalue weighted by Crippen LogP contribution is 2.16. The van der Waals surface area contributed by atoms with E-state index in [1.54, 1.807) is 0 Å². The highest BCUT2D eigenvalue weighted by molar-refractivity contribution is 7.89. The summed E-state index contributed by atoms with van der Waals surface area (Å²) in [4.78, 5) is 0. The van der Waals surface area contributed by atoms with E-state index in [0.717, 1.165) is 12.8 Å². The van der Waals surface area contributed by atoms with Crippen LogP contribution in [0.3, 0.4) is 0 Å². The Morgan fingerprint density at radius 3 is 2.83 bits per heavy atom. The predicted octanol–water partition coefficient (Wildman–Crippen LogP) is -0.0464. The summed E-state index contributed by atoms with van der Waals surface area (Å²) in [6.45, 7) is 2.76. The Hall–Kier alpha value is -0.860. The number of sulfonamides is 1. The van der Waals surface area contributed by atoms with Crippen LogP contribution in [0.1, 0.15) is 26.2 Å². The third-order valence-electron chi connectivity index (χ3n) is 2.75. The number of oxime groups is 1. The maximum Gasteiger partial charge on any atom is 0.217 e. The van der Waals surface area contributed by atoms with Gasteiger partial charge in [0.2, 0.25) is 10.0 Å². The fraction of sp³-hybridized carbons (Fsp3) is 0.900. The van der Waals surface area contributed by atoms with Crippen molar-refractivity contribution in [2.24, 2.45) is 10.9 Å². The van der Waals surface area contributed by atoms with Crippen molar-refractivity contribution in [2.45, 2.75) is 32.3 Å². The van der Waals surface area contributed by atoms with Crippen LogP contribution >= 0.6 is 0 Å². The minimum atomic E-state index is -3.44. The van der Waals surface area contributed by atoms with E-state index >= 15 is 0 Å². The Labute approximate surface area is 108 Å². The van der Waals surface area contributed by atoms with Crippen molar-refractivity contribution in [1.82, 2.24) is 4.31 Å². The molecule has 0 bridgehead atoms. The predicted molar refractivity (Wildman–Crippen MR) is 68.0 cm³/mol. The molecule has 3 N–H and O–H groups in total. The minimum Gasteiger partial charge on any atom is -0.409 e. The highest BCUT2D eigenvalue weighted by Gasteiger charge is 2.28. The lowest BCUT2D eigenvalue weighted by Gasteiger charge is -2.22. The summed E-state index contributed by atoms with van der Waals surface area (Å²) in [5.41, 5.74) is 5.37. The lowest BCUT2D eigenvalue weighted by Crippen LogP contribution is -2.42. The molecule has 0 saturated carbocycles. The number of ether oxygens (including phenoxy) is 1. The molecule has 0 aliphatic carbocycles. The molecular weight excluding hydrogens is 258 g/mol. The lowest BCUT2D eigenvalue weighted by molar-refractivity contribution is 0.126. The van der Waals surface area contributed by atoms with E-state index in [1.165, 1.54) is 4.31 Å². The summed E-state index contributed by atoms with van der Waals surface area (Å²) in [5, 5.41) is 11.3. The first-order valence-electron chi connectivity index (χ1n) is 6.05. The number of rotatable bonds is 7. The number of amidine groups is 1. The van der Waals surface area contributed by atoms with Gasteiger partial charge in [0.25, 0.3) is 0 Å². The molecule has 0 aromatic rings. The lowest BCUT2D eigenvalue weighted by atomic mass is 10.3. The van der Waals surface area contributed by atoms with E-state index in [0.29, 0.717) is 19.6 Å². The average Bonchev–Trinajstić information content (AvgIpc) is 2.80. The molecule has 106 valence electrons. The van der Waals surface area contributed by atoms with Gasteiger partial charge in [0, 0.05) is 13.2 Å². The molecular formula is C10H21N3O4S. The van der Waals surface area contributed by atoms with Crippen LogP contribution in [0.5, 0.6) is 0 Å². The molecule has 0 aromatic heterocycles. The van der Waals surface area contributed by atoms with E-state index in [2.05, 4.69) is 5.16 Å². The van der Waals surface area contributed by atoms with Crippen molar-refractivity contribution in [3.05, 3.63) is 0 Å². The van der Waals surface area contributed by atoms with Gasteiger partial charge in [-0.1, -0.05) is 12.1 Å². The average molecular weight is 279 g/mol. The Bertz CT molecular complexity index is 377. The third-order valence-corrected chi connectivity index (χ3v) is 4.65. The van der Waals surface area contributed by atoms with Crippen LogP contribution in [0.15, 0.2) is 5.16 Å². The topological polar surface area (TPSA) is 105 Å². The molecule has 1 aliphatic rings. The number of nitrogens with zero attached hydrogens (tertiary/aromatic N) is 2. The van der Waals surface area contributed by atoms with Crippen molar-refractivity contribution >= 4 is 15.9 Å². The highest BCUT2D eigenvalue weighted by atomic mass is 32.2. The Kier molecular flexibility index (Phi) is 5.83. The fourth-order valence-electron chi connectivity index (χ4n) is 1.89. The van der Waals surface area contributed by atoms with Gasteiger partial charge in [-0.25, -0.2) is 8.42 Å². The van der Waals surface area contributed by atoms with Gasteiger partial charge in [-0.15, -0.1) is 0 Å². The second-order valence-electron chi connectivity index (χ2n) is 4.34. The van der Waals surface area contributed by atoms with Crippen LogP contribution in [0.4, 0.5) is 0 Å². The van der Waals surface area contributed by atoms with Crippen molar-refractivity contribution in [1.29, 1.82) is 0 Å². The minimum absolute atomic E-state index is 0.0360. The second kappa shape index (κ2) is 6.91. The van der Waals surface area contributed by atoms with Crippen LogP contribution in [0.2, 0.25) is 0 Å². The van der Waals surface area contributed by atoms with Crippen molar-refractivity contribution < 1.29 is 18.4 Å². The first-order chi connectivity index (χ1) is 8.49. The zero-order valence-corrected chi connectivity index (χ0v) is 11.4. The summed E-state index contributed by atoms with van der Waals surface area (Å²) in [5.74, 6) is -0.148. The molecule has 1 rings (SSSR count). The first kappa shape index (κ1) is 15.2. The molecule has 1 atom stereocenters.